The molecule has 0 bridgehead atoms. The molecule has 22 heavy (non-hydrogen) atoms. The van der Waals surface area contributed by atoms with Crippen molar-refractivity contribution in [2.24, 2.45) is 0 Å². The zero-order valence-corrected chi connectivity index (χ0v) is 13.3. The number of hydrogen-bond donors (Lipinski definition) is 1. The van der Waals surface area contributed by atoms with Crippen molar-refractivity contribution >= 4 is 17.5 Å². The molecule has 0 unspecified atom stereocenters. The van der Waals surface area contributed by atoms with Gasteiger partial charge in [0, 0.05) is 51.5 Å². The van der Waals surface area contributed by atoms with Crippen molar-refractivity contribution in [3.8, 4) is 0 Å². The smallest absolute Gasteiger partial charge is 0.272 e. The van der Waals surface area contributed by atoms with Crippen LogP contribution in [-0.2, 0) is 4.79 Å². The number of unbranched alkanes of at least 4 members (excludes halogenated alkanes) is 1. The highest BCUT2D eigenvalue weighted by atomic mass is 16.2. The number of anilines is 1. The first kappa shape index (κ1) is 16.3. The van der Waals surface area contributed by atoms with E-state index in [9.17, 15) is 9.59 Å². The van der Waals surface area contributed by atoms with E-state index in [0.29, 0.717) is 31.9 Å². The fraction of sp³-hybridized carbons (Fsp3) is 0.562. The van der Waals surface area contributed by atoms with Gasteiger partial charge in [0.05, 0.1) is 0 Å². The van der Waals surface area contributed by atoms with Crippen molar-refractivity contribution < 1.29 is 9.59 Å². The maximum Gasteiger partial charge on any atom is 0.272 e. The second-order valence-corrected chi connectivity index (χ2v) is 5.51. The van der Waals surface area contributed by atoms with Gasteiger partial charge in [0.25, 0.3) is 5.91 Å². The quantitative estimate of drug-likeness (QED) is 0.839. The van der Waals surface area contributed by atoms with Crippen LogP contribution in [0.15, 0.2) is 18.3 Å². The lowest BCUT2D eigenvalue weighted by Gasteiger charge is -2.34. The van der Waals surface area contributed by atoms with Crippen LogP contribution in [0, 0.1) is 0 Å². The van der Waals surface area contributed by atoms with Crippen LogP contribution in [0.1, 0.15) is 37.2 Å². The summed E-state index contributed by atoms with van der Waals surface area (Å²) in [4.78, 5) is 31.5. The molecule has 6 heteroatoms. The highest BCUT2D eigenvalue weighted by Crippen LogP contribution is 2.12. The standard InChI is InChI=1S/C16H24N4O2/c1-3-4-6-17-14-5-7-18-15(12-14)16(22)20-10-8-19(9-11-20)13(2)21/h5,7,12H,3-4,6,8-11H2,1-2H3,(H,17,18). The van der Waals surface area contributed by atoms with Gasteiger partial charge in [-0.15, -0.1) is 0 Å². The van der Waals surface area contributed by atoms with Crippen LogP contribution in [-0.4, -0.2) is 59.3 Å². The predicted octanol–water partition coefficient (Wildman–Crippen LogP) is 1.60. The fourth-order valence-electron chi connectivity index (χ4n) is 2.45. The van der Waals surface area contributed by atoms with Gasteiger partial charge >= 0.3 is 0 Å². The summed E-state index contributed by atoms with van der Waals surface area (Å²) in [5.41, 5.74) is 1.38. The van der Waals surface area contributed by atoms with Crippen molar-refractivity contribution in [3.63, 3.8) is 0 Å². The normalized spacial score (nSPS) is 14.8. The molecule has 0 radical (unpaired) electrons. The molecule has 1 aromatic rings. The van der Waals surface area contributed by atoms with Crippen LogP contribution >= 0.6 is 0 Å². The number of nitrogens with zero attached hydrogens (tertiary/aromatic N) is 3. The first-order valence-corrected chi connectivity index (χ1v) is 7.86. The molecule has 2 rings (SSSR count). The Morgan fingerprint density at radius 1 is 1.23 bits per heavy atom. The highest BCUT2D eigenvalue weighted by molar-refractivity contribution is 5.93. The molecule has 0 atom stereocenters. The average molecular weight is 304 g/mol. The molecule has 1 saturated heterocycles. The molecule has 1 aliphatic heterocycles. The Hall–Kier alpha value is -2.11. The van der Waals surface area contributed by atoms with Gasteiger partial charge in [-0.1, -0.05) is 13.3 Å². The number of pyridine rings is 1. The molecular weight excluding hydrogens is 280 g/mol. The van der Waals surface area contributed by atoms with E-state index in [-0.39, 0.29) is 11.8 Å². The summed E-state index contributed by atoms with van der Waals surface area (Å²) < 4.78 is 0. The van der Waals surface area contributed by atoms with Crippen molar-refractivity contribution in [2.75, 3.05) is 38.0 Å². The van der Waals surface area contributed by atoms with E-state index in [0.717, 1.165) is 25.1 Å². The molecule has 0 saturated carbocycles. The molecule has 0 aliphatic carbocycles. The Morgan fingerprint density at radius 2 is 1.91 bits per heavy atom. The number of carbonyl (C=O) groups excluding carboxylic acids is 2. The minimum absolute atomic E-state index is 0.0624. The number of piperazine rings is 1. The minimum Gasteiger partial charge on any atom is -0.385 e. The van der Waals surface area contributed by atoms with Gasteiger partial charge in [-0.3, -0.25) is 14.6 Å². The maximum absolute atomic E-state index is 12.5. The van der Waals surface area contributed by atoms with Crippen LogP contribution in [0.4, 0.5) is 5.69 Å². The summed E-state index contributed by atoms with van der Waals surface area (Å²) in [6.45, 7) is 6.91. The predicted molar refractivity (Wildman–Crippen MR) is 85.8 cm³/mol. The van der Waals surface area contributed by atoms with Crippen LogP contribution in [0.3, 0.4) is 0 Å². The number of hydrogen-bond acceptors (Lipinski definition) is 4. The van der Waals surface area contributed by atoms with Gasteiger partial charge < -0.3 is 15.1 Å². The summed E-state index contributed by atoms with van der Waals surface area (Å²) in [5.74, 6) is -0.00492. The molecular formula is C16H24N4O2. The first-order chi connectivity index (χ1) is 10.6. The zero-order valence-electron chi connectivity index (χ0n) is 13.3. The van der Waals surface area contributed by atoms with E-state index in [1.807, 2.05) is 6.07 Å². The van der Waals surface area contributed by atoms with Crippen molar-refractivity contribution in [1.29, 1.82) is 0 Å². The van der Waals surface area contributed by atoms with Gasteiger partial charge in [0.1, 0.15) is 5.69 Å². The van der Waals surface area contributed by atoms with Crippen LogP contribution in [0.25, 0.3) is 0 Å². The van der Waals surface area contributed by atoms with E-state index < -0.39 is 0 Å². The van der Waals surface area contributed by atoms with E-state index in [1.54, 1.807) is 29.0 Å². The van der Waals surface area contributed by atoms with E-state index in [2.05, 4.69) is 17.2 Å². The summed E-state index contributed by atoms with van der Waals surface area (Å²) in [6, 6.07) is 3.68. The molecule has 1 aliphatic rings. The zero-order chi connectivity index (χ0) is 15.9. The van der Waals surface area contributed by atoms with Crippen molar-refractivity contribution in [1.82, 2.24) is 14.8 Å². The first-order valence-electron chi connectivity index (χ1n) is 7.86. The number of nitrogens with one attached hydrogen (secondary N) is 1. The summed E-state index contributed by atoms with van der Waals surface area (Å²) in [5, 5.41) is 3.30. The van der Waals surface area contributed by atoms with Crippen LogP contribution < -0.4 is 5.32 Å². The van der Waals surface area contributed by atoms with Crippen LogP contribution in [0.2, 0.25) is 0 Å². The number of aromatic nitrogens is 1. The Morgan fingerprint density at radius 3 is 2.55 bits per heavy atom. The third-order valence-corrected chi connectivity index (χ3v) is 3.85. The molecule has 6 nitrogen and oxygen atoms in total. The van der Waals surface area contributed by atoms with E-state index in [1.165, 1.54) is 0 Å². The second-order valence-electron chi connectivity index (χ2n) is 5.51. The SMILES string of the molecule is CCCCNc1ccnc(C(=O)N2CCN(C(C)=O)CC2)c1. The van der Waals surface area contributed by atoms with Gasteiger partial charge in [-0.25, -0.2) is 0 Å². The van der Waals surface area contributed by atoms with Gasteiger partial charge in [0.15, 0.2) is 0 Å². The third-order valence-electron chi connectivity index (χ3n) is 3.85. The van der Waals surface area contributed by atoms with Crippen LogP contribution in [0.5, 0.6) is 0 Å². The Labute approximate surface area is 131 Å². The van der Waals surface area contributed by atoms with Gasteiger partial charge in [-0.2, -0.15) is 0 Å². The number of amides is 2. The third kappa shape index (κ3) is 4.19. The maximum atomic E-state index is 12.5. The Kier molecular flexibility index (Phi) is 5.75. The summed E-state index contributed by atoms with van der Waals surface area (Å²) in [6.07, 6.45) is 3.89. The molecule has 120 valence electrons. The lowest BCUT2D eigenvalue weighted by Crippen LogP contribution is -2.50. The molecule has 0 aromatic carbocycles. The fourth-order valence-corrected chi connectivity index (χ4v) is 2.45. The van der Waals surface area contributed by atoms with Gasteiger partial charge in [0.2, 0.25) is 5.91 Å². The lowest BCUT2D eigenvalue weighted by atomic mass is 10.2. The van der Waals surface area contributed by atoms with E-state index in [4.69, 9.17) is 0 Å². The van der Waals surface area contributed by atoms with Gasteiger partial charge in [-0.05, 0) is 18.6 Å². The summed E-state index contributed by atoms with van der Waals surface area (Å²) in [7, 11) is 0. The second kappa shape index (κ2) is 7.77. The molecule has 1 N–H and O–H groups in total. The van der Waals surface area contributed by atoms with Crippen molar-refractivity contribution in [2.45, 2.75) is 26.7 Å². The van der Waals surface area contributed by atoms with E-state index >= 15 is 0 Å². The largest absolute Gasteiger partial charge is 0.385 e. The average Bonchev–Trinajstić information content (AvgIpc) is 2.55. The topological polar surface area (TPSA) is 65.5 Å². The molecule has 1 aromatic heterocycles. The number of carbonyl (C=O) groups is 2. The highest BCUT2D eigenvalue weighted by Gasteiger charge is 2.24. The molecule has 1 fully saturated rings. The Balaban J connectivity index is 1.95. The number of rotatable bonds is 5. The molecule has 2 amide bonds. The monoisotopic (exact) mass is 304 g/mol. The molecule has 0 spiro atoms. The Bertz CT molecular complexity index is 525. The molecule has 2 heterocycles. The lowest BCUT2D eigenvalue weighted by molar-refractivity contribution is -0.130. The van der Waals surface area contributed by atoms with Crippen molar-refractivity contribution in [3.05, 3.63) is 24.0 Å². The minimum atomic E-state index is -0.0673. The summed E-state index contributed by atoms with van der Waals surface area (Å²) >= 11 is 0.